The number of likely N-dealkylation sites (tertiary alicyclic amines) is 1. The van der Waals surface area contributed by atoms with Crippen molar-refractivity contribution in [3.05, 3.63) is 58.4 Å². The van der Waals surface area contributed by atoms with Crippen molar-refractivity contribution in [2.24, 2.45) is 0 Å². The number of fused-ring (bicyclic) bond motifs is 1. The van der Waals surface area contributed by atoms with Crippen LogP contribution in [0.3, 0.4) is 0 Å². The number of carbonyl (C=O) groups excluding carboxylic acids is 1. The van der Waals surface area contributed by atoms with Gasteiger partial charge in [-0.15, -0.1) is 0 Å². The van der Waals surface area contributed by atoms with Crippen LogP contribution in [0.4, 0.5) is 0 Å². The van der Waals surface area contributed by atoms with Gasteiger partial charge in [0, 0.05) is 41.3 Å². The first-order valence-corrected chi connectivity index (χ1v) is 8.44. The number of aromatic amines is 1. The number of carbonyl (C=O) groups is 1. The number of nitrogens with one attached hydrogen (secondary N) is 1. The number of rotatable bonds is 2. The van der Waals surface area contributed by atoms with Crippen LogP contribution in [0.1, 0.15) is 27.5 Å². The van der Waals surface area contributed by atoms with Gasteiger partial charge in [-0.2, -0.15) is 5.10 Å². The number of H-pyrrole nitrogens is 1. The van der Waals surface area contributed by atoms with E-state index < -0.39 is 6.10 Å². The summed E-state index contributed by atoms with van der Waals surface area (Å²) in [4.78, 5) is 18.7. The molecule has 0 bridgehead atoms. The van der Waals surface area contributed by atoms with Gasteiger partial charge in [-0.05, 0) is 30.7 Å². The molecule has 1 fully saturated rings. The number of aliphatic hydroxyl groups excluding tert-OH is 1. The minimum atomic E-state index is -0.600. The van der Waals surface area contributed by atoms with Crippen molar-refractivity contribution in [2.45, 2.75) is 18.9 Å². The average Bonchev–Trinajstić information content (AvgIpc) is 3.18. The highest BCUT2D eigenvalue weighted by Gasteiger charge is 2.35. The monoisotopic (exact) mass is 356 g/mol. The lowest BCUT2D eigenvalue weighted by Gasteiger charge is -2.16. The Labute approximate surface area is 149 Å². The molecule has 4 rings (SSSR count). The second-order valence-corrected chi connectivity index (χ2v) is 6.82. The molecule has 3 aromatic rings. The van der Waals surface area contributed by atoms with Crippen molar-refractivity contribution in [1.29, 1.82) is 0 Å². The molecular formula is C18H17ClN4O2. The fraction of sp³-hybridized carbons (Fsp3) is 0.278. The molecule has 2 N–H and O–H groups in total. The fourth-order valence-electron chi connectivity index (χ4n) is 3.31. The molecule has 6 nitrogen and oxygen atoms in total. The number of nitrogens with zero attached hydrogens (tertiary/aromatic N) is 3. The summed E-state index contributed by atoms with van der Waals surface area (Å²) in [6.07, 6.45) is 0.935. The van der Waals surface area contributed by atoms with Crippen LogP contribution in [-0.4, -0.2) is 50.3 Å². The predicted octanol–water partition coefficient (Wildman–Crippen LogP) is 2.52. The second-order valence-electron chi connectivity index (χ2n) is 6.38. The first kappa shape index (κ1) is 16.1. The summed E-state index contributed by atoms with van der Waals surface area (Å²) in [5.41, 5.74) is 2.94. The normalized spacial score (nSPS) is 20.4. The zero-order valence-electron chi connectivity index (χ0n) is 13.6. The lowest BCUT2D eigenvalue weighted by molar-refractivity contribution is 0.0764. The summed E-state index contributed by atoms with van der Waals surface area (Å²) < 4.78 is 0. The van der Waals surface area contributed by atoms with Gasteiger partial charge in [0.2, 0.25) is 0 Å². The molecule has 7 heteroatoms. The third-order valence-electron chi connectivity index (χ3n) is 4.72. The van der Waals surface area contributed by atoms with Crippen LogP contribution in [0.2, 0.25) is 5.02 Å². The molecular weight excluding hydrogens is 340 g/mol. The van der Waals surface area contributed by atoms with Crippen LogP contribution < -0.4 is 0 Å². The van der Waals surface area contributed by atoms with Gasteiger partial charge in [-0.3, -0.25) is 9.89 Å². The van der Waals surface area contributed by atoms with Gasteiger partial charge in [0.05, 0.1) is 11.7 Å². The van der Waals surface area contributed by atoms with Crippen LogP contribution in [0, 0.1) is 6.92 Å². The molecule has 0 radical (unpaired) electrons. The first-order valence-electron chi connectivity index (χ1n) is 8.06. The van der Waals surface area contributed by atoms with Gasteiger partial charge < -0.3 is 10.0 Å². The minimum Gasteiger partial charge on any atom is -0.391 e. The molecule has 0 saturated carbocycles. The van der Waals surface area contributed by atoms with Crippen LogP contribution in [0.15, 0.2) is 36.5 Å². The van der Waals surface area contributed by atoms with Crippen LogP contribution >= 0.6 is 11.6 Å². The molecule has 3 heterocycles. The molecule has 0 spiro atoms. The molecule has 1 amide bonds. The predicted molar refractivity (Wildman–Crippen MR) is 94.7 cm³/mol. The summed E-state index contributed by atoms with van der Waals surface area (Å²) in [5.74, 6) is -0.251. The van der Waals surface area contributed by atoms with E-state index in [1.807, 2.05) is 19.1 Å². The molecule has 1 aromatic carbocycles. The van der Waals surface area contributed by atoms with Gasteiger partial charge in [0.1, 0.15) is 0 Å². The number of pyridine rings is 1. The third kappa shape index (κ3) is 2.88. The maximum absolute atomic E-state index is 12.8. The van der Waals surface area contributed by atoms with Gasteiger partial charge in [0.25, 0.3) is 5.91 Å². The quantitative estimate of drug-likeness (QED) is 0.739. The largest absolute Gasteiger partial charge is 0.391 e. The maximum atomic E-state index is 12.8. The SMILES string of the molecule is Cc1[nH]nc2ncc(C(=O)N3CC(O)C(c4ccc(Cl)cc4)C3)cc12. The Kier molecular flexibility index (Phi) is 3.94. The highest BCUT2D eigenvalue weighted by Crippen LogP contribution is 2.29. The smallest absolute Gasteiger partial charge is 0.255 e. The van der Waals surface area contributed by atoms with Crippen molar-refractivity contribution in [3.8, 4) is 0 Å². The highest BCUT2D eigenvalue weighted by molar-refractivity contribution is 6.30. The van der Waals surface area contributed by atoms with E-state index in [9.17, 15) is 9.90 Å². The van der Waals surface area contributed by atoms with Gasteiger partial charge in [-0.1, -0.05) is 23.7 Å². The van der Waals surface area contributed by atoms with Crippen molar-refractivity contribution in [3.63, 3.8) is 0 Å². The number of hydrogen-bond donors (Lipinski definition) is 2. The topological polar surface area (TPSA) is 82.1 Å². The van der Waals surface area contributed by atoms with Gasteiger partial charge >= 0.3 is 0 Å². The molecule has 1 aliphatic rings. The van der Waals surface area contributed by atoms with Crippen molar-refractivity contribution in [2.75, 3.05) is 13.1 Å². The van der Waals surface area contributed by atoms with E-state index in [4.69, 9.17) is 11.6 Å². The van der Waals surface area contributed by atoms with Crippen LogP contribution in [-0.2, 0) is 0 Å². The lowest BCUT2D eigenvalue weighted by Crippen LogP contribution is -2.29. The Morgan fingerprint density at radius 3 is 2.84 bits per heavy atom. The van der Waals surface area contributed by atoms with E-state index in [0.29, 0.717) is 29.3 Å². The Morgan fingerprint density at radius 2 is 2.08 bits per heavy atom. The van der Waals surface area contributed by atoms with Gasteiger partial charge in [-0.25, -0.2) is 4.98 Å². The number of aryl methyl sites for hydroxylation is 1. The highest BCUT2D eigenvalue weighted by atomic mass is 35.5. The summed E-state index contributed by atoms with van der Waals surface area (Å²) in [7, 11) is 0. The van der Waals surface area contributed by atoms with Crippen molar-refractivity contribution < 1.29 is 9.90 Å². The lowest BCUT2D eigenvalue weighted by atomic mass is 9.96. The van der Waals surface area contributed by atoms with E-state index >= 15 is 0 Å². The number of β-amino-alcohol motifs (C(OH)–C–C–N with tert-alkyl or cyclic N) is 1. The van der Waals surface area contributed by atoms with E-state index in [2.05, 4.69) is 15.2 Å². The van der Waals surface area contributed by atoms with E-state index in [1.54, 1.807) is 23.1 Å². The fourth-order valence-corrected chi connectivity index (χ4v) is 3.44. The molecule has 128 valence electrons. The second kappa shape index (κ2) is 6.13. The van der Waals surface area contributed by atoms with Crippen LogP contribution in [0.5, 0.6) is 0 Å². The number of benzene rings is 1. The van der Waals surface area contributed by atoms with E-state index in [0.717, 1.165) is 16.6 Å². The third-order valence-corrected chi connectivity index (χ3v) is 4.97. The molecule has 2 unspecified atom stereocenters. The van der Waals surface area contributed by atoms with Gasteiger partial charge in [0.15, 0.2) is 5.65 Å². The molecule has 0 aliphatic carbocycles. The zero-order chi connectivity index (χ0) is 17.6. The molecule has 2 aromatic heterocycles. The minimum absolute atomic E-state index is 0.117. The Balaban J connectivity index is 1.58. The van der Waals surface area contributed by atoms with Crippen molar-refractivity contribution in [1.82, 2.24) is 20.1 Å². The standard InChI is InChI=1S/C18H17ClN4O2/c1-10-14-6-12(7-20-17(14)22-21-10)18(25)23-8-15(16(24)9-23)11-2-4-13(19)5-3-11/h2-7,15-16,24H,8-9H2,1H3,(H,20,21,22). The zero-order valence-corrected chi connectivity index (χ0v) is 14.4. The van der Waals surface area contributed by atoms with Crippen LogP contribution in [0.25, 0.3) is 11.0 Å². The maximum Gasteiger partial charge on any atom is 0.255 e. The number of amides is 1. The molecule has 1 aliphatic heterocycles. The molecule has 1 saturated heterocycles. The molecule has 2 atom stereocenters. The summed E-state index contributed by atoms with van der Waals surface area (Å²) in [6, 6.07) is 9.19. The number of halogens is 1. The summed E-state index contributed by atoms with van der Waals surface area (Å²) >= 11 is 5.92. The Morgan fingerprint density at radius 1 is 1.32 bits per heavy atom. The molecule has 25 heavy (non-hydrogen) atoms. The number of hydrogen-bond acceptors (Lipinski definition) is 4. The summed E-state index contributed by atoms with van der Waals surface area (Å²) in [6.45, 7) is 2.65. The number of aromatic nitrogens is 3. The average molecular weight is 357 g/mol. The summed E-state index contributed by atoms with van der Waals surface area (Å²) in [5, 5.41) is 18.8. The number of aliphatic hydroxyl groups is 1. The first-order chi connectivity index (χ1) is 12.0. The van der Waals surface area contributed by atoms with Crippen molar-refractivity contribution >= 4 is 28.5 Å². The Bertz CT molecular complexity index is 938. The van der Waals surface area contributed by atoms with E-state index in [-0.39, 0.29) is 11.8 Å². The Hall–Kier alpha value is -2.44. The van der Waals surface area contributed by atoms with E-state index in [1.165, 1.54) is 6.20 Å².